The molecule has 96 valence electrons. The molecule has 0 aromatic heterocycles. The zero-order valence-corrected chi connectivity index (χ0v) is 10.8. The number of aryl methyl sites for hydroxylation is 1. The second-order valence-electron chi connectivity index (χ2n) is 4.67. The van der Waals surface area contributed by atoms with Crippen LogP contribution in [0, 0.1) is 0 Å². The van der Waals surface area contributed by atoms with Crippen LogP contribution in [0.15, 0.2) is 41.6 Å². The lowest BCUT2D eigenvalue weighted by molar-refractivity contribution is -0.143. The van der Waals surface area contributed by atoms with Gasteiger partial charge in [0.15, 0.2) is 0 Å². The summed E-state index contributed by atoms with van der Waals surface area (Å²) in [6.45, 7) is 1.76. The van der Waals surface area contributed by atoms with Crippen molar-refractivity contribution >= 4 is 22.5 Å². The monoisotopic (exact) mass is 253 g/mol. The molecule has 19 heavy (non-hydrogen) atoms. The second kappa shape index (κ2) is 4.84. The fourth-order valence-corrected chi connectivity index (χ4v) is 2.52. The van der Waals surface area contributed by atoms with Gasteiger partial charge in [-0.25, -0.2) is 4.79 Å². The van der Waals surface area contributed by atoms with E-state index in [4.69, 9.17) is 4.84 Å². The van der Waals surface area contributed by atoms with Crippen molar-refractivity contribution in [1.82, 2.24) is 0 Å². The van der Waals surface area contributed by atoms with Crippen molar-refractivity contribution in [2.75, 3.05) is 0 Å². The number of benzene rings is 2. The normalized spacial score (nSPS) is 15.7. The lowest BCUT2D eigenvalue weighted by Gasteiger charge is -2.04. The maximum atomic E-state index is 11.2. The van der Waals surface area contributed by atoms with Crippen molar-refractivity contribution in [2.45, 2.75) is 26.2 Å². The van der Waals surface area contributed by atoms with E-state index in [0.29, 0.717) is 6.42 Å². The van der Waals surface area contributed by atoms with Gasteiger partial charge in [-0.05, 0) is 29.2 Å². The van der Waals surface area contributed by atoms with Gasteiger partial charge in [0, 0.05) is 12.0 Å². The minimum atomic E-state index is -0.290. The van der Waals surface area contributed by atoms with E-state index in [0.717, 1.165) is 24.1 Å². The van der Waals surface area contributed by atoms with Gasteiger partial charge in [-0.3, -0.25) is 0 Å². The van der Waals surface area contributed by atoms with Crippen LogP contribution in [0.5, 0.6) is 0 Å². The Balaban J connectivity index is 2.01. The van der Waals surface area contributed by atoms with Crippen LogP contribution < -0.4 is 0 Å². The van der Waals surface area contributed by atoms with E-state index in [1.165, 1.54) is 16.3 Å². The van der Waals surface area contributed by atoms with Crippen LogP contribution in [0.25, 0.3) is 10.8 Å². The van der Waals surface area contributed by atoms with Crippen LogP contribution >= 0.6 is 0 Å². The average Bonchev–Trinajstić information content (AvgIpc) is 2.88. The Morgan fingerprint density at radius 1 is 1.21 bits per heavy atom. The predicted molar refractivity (Wildman–Crippen MR) is 75.2 cm³/mol. The molecule has 0 unspecified atom stereocenters. The van der Waals surface area contributed by atoms with E-state index < -0.39 is 0 Å². The first-order valence-corrected chi connectivity index (χ1v) is 6.57. The van der Waals surface area contributed by atoms with Crippen LogP contribution in [0.1, 0.15) is 30.9 Å². The molecule has 1 aliphatic rings. The highest BCUT2D eigenvalue weighted by atomic mass is 16.7. The summed E-state index contributed by atoms with van der Waals surface area (Å²) in [6, 6.07) is 12.5. The van der Waals surface area contributed by atoms with Crippen molar-refractivity contribution in [3.05, 3.63) is 47.5 Å². The summed E-state index contributed by atoms with van der Waals surface area (Å²) >= 11 is 0. The molecule has 0 radical (unpaired) electrons. The SMILES string of the molecule is CCC(=O)O/N=C1\CCc2c1ccc1ccccc21. The molecule has 0 spiro atoms. The highest BCUT2D eigenvalue weighted by Crippen LogP contribution is 2.30. The fraction of sp³-hybridized carbons (Fsp3) is 0.250. The molecule has 0 fully saturated rings. The van der Waals surface area contributed by atoms with E-state index in [1.54, 1.807) is 6.92 Å². The number of fused-ring (bicyclic) bond motifs is 3. The summed E-state index contributed by atoms with van der Waals surface area (Å²) in [5.74, 6) is -0.290. The molecule has 1 aliphatic carbocycles. The number of hydrogen-bond acceptors (Lipinski definition) is 3. The molecule has 0 saturated heterocycles. The molecule has 3 rings (SSSR count). The van der Waals surface area contributed by atoms with Gasteiger partial charge in [0.1, 0.15) is 0 Å². The van der Waals surface area contributed by atoms with E-state index in [2.05, 4.69) is 35.5 Å². The molecule has 3 nitrogen and oxygen atoms in total. The van der Waals surface area contributed by atoms with Crippen molar-refractivity contribution in [2.24, 2.45) is 5.16 Å². The Labute approximate surface area is 111 Å². The first kappa shape index (κ1) is 11.9. The van der Waals surface area contributed by atoms with E-state index >= 15 is 0 Å². The van der Waals surface area contributed by atoms with Crippen molar-refractivity contribution in [3.8, 4) is 0 Å². The Morgan fingerprint density at radius 2 is 2.05 bits per heavy atom. The number of carbonyl (C=O) groups excluding carboxylic acids is 1. The first-order chi connectivity index (χ1) is 9.29. The molecule has 2 aromatic carbocycles. The molecule has 0 saturated carbocycles. The van der Waals surface area contributed by atoms with Crippen molar-refractivity contribution < 1.29 is 9.63 Å². The lowest BCUT2D eigenvalue weighted by Crippen LogP contribution is -2.01. The van der Waals surface area contributed by atoms with Gasteiger partial charge < -0.3 is 4.84 Å². The van der Waals surface area contributed by atoms with Gasteiger partial charge in [-0.1, -0.05) is 48.5 Å². The number of hydrogen-bond donors (Lipinski definition) is 0. The molecule has 0 heterocycles. The second-order valence-corrected chi connectivity index (χ2v) is 4.67. The fourth-order valence-electron chi connectivity index (χ4n) is 2.52. The first-order valence-electron chi connectivity index (χ1n) is 6.57. The van der Waals surface area contributed by atoms with Crippen LogP contribution in [0.2, 0.25) is 0 Å². The largest absolute Gasteiger partial charge is 0.334 e. The third kappa shape index (κ3) is 2.12. The zero-order valence-electron chi connectivity index (χ0n) is 10.8. The van der Waals surface area contributed by atoms with Gasteiger partial charge in [0.05, 0.1) is 5.71 Å². The van der Waals surface area contributed by atoms with E-state index in [-0.39, 0.29) is 5.97 Å². The summed E-state index contributed by atoms with van der Waals surface area (Å²) in [5.41, 5.74) is 3.30. The minimum absolute atomic E-state index is 0.290. The van der Waals surface area contributed by atoms with Crippen LogP contribution in [-0.2, 0) is 16.1 Å². The van der Waals surface area contributed by atoms with Gasteiger partial charge in [0.25, 0.3) is 0 Å². The third-order valence-corrected chi connectivity index (χ3v) is 3.51. The maximum absolute atomic E-state index is 11.2. The predicted octanol–water partition coefficient (Wildman–Crippen LogP) is 3.44. The Kier molecular flexibility index (Phi) is 3.03. The molecule has 0 N–H and O–H groups in total. The maximum Gasteiger partial charge on any atom is 0.334 e. The molecule has 0 bridgehead atoms. The summed E-state index contributed by atoms with van der Waals surface area (Å²) in [4.78, 5) is 16.1. The lowest BCUT2D eigenvalue weighted by atomic mass is 10.0. The number of carbonyl (C=O) groups is 1. The highest BCUT2D eigenvalue weighted by molar-refractivity contribution is 6.08. The minimum Gasteiger partial charge on any atom is -0.318 e. The quantitative estimate of drug-likeness (QED) is 0.607. The van der Waals surface area contributed by atoms with Crippen LogP contribution in [0.3, 0.4) is 0 Å². The van der Waals surface area contributed by atoms with Crippen molar-refractivity contribution in [1.29, 1.82) is 0 Å². The molecule has 2 aromatic rings. The van der Waals surface area contributed by atoms with Crippen molar-refractivity contribution in [3.63, 3.8) is 0 Å². The molecular weight excluding hydrogens is 238 g/mol. The third-order valence-electron chi connectivity index (χ3n) is 3.51. The highest BCUT2D eigenvalue weighted by Gasteiger charge is 2.20. The van der Waals surface area contributed by atoms with Gasteiger partial charge in [0.2, 0.25) is 0 Å². The Hall–Kier alpha value is -2.16. The Bertz CT molecular complexity index is 674. The number of nitrogens with zero attached hydrogens (tertiary/aromatic N) is 1. The Morgan fingerprint density at radius 3 is 2.89 bits per heavy atom. The molecule has 0 amide bonds. The summed E-state index contributed by atoms with van der Waals surface area (Å²) in [7, 11) is 0. The standard InChI is InChI=1S/C16H15NO2/c1-2-16(18)19-17-15-10-9-13-12-6-4-3-5-11(12)7-8-14(13)15/h3-8H,2,9-10H2,1H3/b17-15+. The smallest absolute Gasteiger partial charge is 0.318 e. The van der Waals surface area contributed by atoms with E-state index in [1.807, 2.05) is 6.07 Å². The number of oxime groups is 1. The molecular formula is C16H15NO2. The molecule has 3 heteroatoms. The zero-order chi connectivity index (χ0) is 13.2. The summed E-state index contributed by atoms with van der Waals surface area (Å²) in [5, 5.41) is 6.52. The molecule has 0 atom stereocenters. The summed E-state index contributed by atoms with van der Waals surface area (Å²) < 4.78 is 0. The topological polar surface area (TPSA) is 38.7 Å². The number of rotatable bonds is 2. The van der Waals surface area contributed by atoms with Crippen LogP contribution in [-0.4, -0.2) is 11.7 Å². The van der Waals surface area contributed by atoms with Gasteiger partial charge in [-0.15, -0.1) is 0 Å². The molecule has 0 aliphatic heterocycles. The van der Waals surface area contributed by atoms with Gasteiger partial charge >= 0.3 is 5.97 Å². The summed E-state index contributed by atoms with van der Waals surface area (Å²) in [6.07, 6.45) is 2.14. The average molecular weight is 253 g/mol. The van der Waals surface area contributed by atoms with E-state index in [9.17, 15) is 4.79 Å². The van der Waals surface area contributed by atoms with Gasteiger partial charge in [-0.2, -0.15) is 0 Å². The van der Waals surface area contributed by atoms with Crippen LogP contribution in [0.4, 0.5) is 0 Å².